The molecule has 5 heteroatoms. The summed E-state index contributed by atoms with van der Waals surface area (Å²) >= 11 is 1.76. The zero-order chi connectivity index (χ0) is 17.9. The largest absolute Gasteiger partial charge is 1.00 e. The summed E-state index contributed by atoms with van der Waals surface area (Å²) in [5.74, 6) is 0.218. The summed E-state index contributed by atoms with van der Waals surface area (Å²) in [7, 11) is 0. The third kappa shape index (κ3) is 4.16. The number of fused-ring (bicyclic) bond motifs is 2. The number of hydrogen-bond donors (Lipinski definition) is 0. The van der Waals surface area contributed by atoms with Crippen LogP contribution < -0.4 is 21.9 Å². The fourth-order valence-corrected chi connectivity index (χ4v) is 4.55. The number of rotatable bonds is 5. The molecule has 0 fully saturated rings. The minimum atomic E-state index is 0. The van der Waals surface area contributed by atoms with E-state index in [0.29, 0.717) is 13.1 Å². The van der Waals surface area contributed by atoms with Gasteiger partial charge in [-0.2, -0.15) is 0 Å². The van der Waals surface area contributed by atoms with Crippen LogP contribution in [0.1, 0.15) is 26.3 Å². The highest BCUT2D eigenvalue weighted by molar-refractivity contribution is 7.99. The van der Waals surface area contributed by atoms with Crippen LogP contribution in [-0.4, -0.2) is 36.6 Å². The topological polar surface area (TPSA) is 20.3 Å². The molecule has 1 aliphatic heterocycles. The Morgan fingerprint density at radius 2 is 1.54 bits per heavy atom. The quantitative estimate of drug-likeness (QED) is 0.665. The van der Waals surface area contributed by atoms with Gasteiger partial charge < -0.3 is 26.4 Å². The number of likely N-dealkylation sites (N-methyl/N-ethyl adjacent to an activating group) is 1. The Kier molecular flexibility index (Phi) is 7.33. The van der Waals surface area contributed by atoms with E-state index < -0.39 is 0 Å². The lowest BCUT2D eigenvalue weighted by Gasteiger charge is -2.36. The Bertz CT molecular complexity index is 753. The molecule has 0 bridgehead atoms. The van der Waals surface area contributed by atoms with E-state index in [0.717, 1.165) is 34.7 Å². The smallest absolute Gasteiger partial charge is 0.282 e. The van der Waals surface area contributed by atoms with E-state index in [9.17, 15) is 4.79 Å². The van der Waals surface area contributed by atoms with Crippen LogP contribution in [0.15, 0.2) is 58.3 Å². The first-order chi connectivity index (χ1) is 12.1. The zero-order valence-electron chi connectivity index (χ0n) is 15.7. The second kappa shape index (κ2) is 9.07. The fourth-order valence-electron chi connectivity index (χ4n) is 3.48. The van der Waals surface area contributed by atoms with Gasteiger partial charge >= 0.3 is 0 Å². The van der Waals surface area contributed by atoms with Crippen molar-refractivity contribution >= 4 is 23.4 Å². The van der Waals surface area contributed by atoms with Crippen LogP contribution in [0.5, 0.6) is 0 Å². The Labute approximate surface area is 171 Å². The summed E-state index contributed by atoms with van der Waals surface area (Å²) in [5, 5.41) is 0. The van der Waals surface area contributed by atoms with Gasteiger partial charge in [-0.3, -0.25) is 4.79 Å². The van der Waals surface area contributed by atoms with Crippen LogP contribution in [-0.2, 0) is 11.3 Å². The first-order valence-corrected chi connectivity index (χ1v) is 9.94. The number of carbonyl (C=O) groups is 1. The third-order valence-electron chi connectivity index (χ3n) is 5.46. The monoisotopic (exact) mass is 434 g/mol. The fraction of sp³-hybridized carbons (Fsp3) is 0.381. The lowest BCUT2D eigenvalue weighted by atomic mass is 10.2. The van der Waals surface area contributed by atoms with Gasteiger partial charge in [0, 0.05) is 9.79 Å². The van der Waals surface area contributed by atoms with Gasteiger partial charge in [0.2, 0.25) is 0 Å². The van der Waals surface area contributed by atoms with Gasteiger partial charge in [-0.25, -0.2) is 0 Å². The van der Waals surface area contributed by atoms with Crippen LogP contribution in [0.25, 0.3) is 0 Å². The summed E-state index contributed by atoms with van der Waals surface area (Å²) in [6.45, 7) is 10.7. The maximum Gasteiger partial charge on any atom is 0.282 e. The van der Waals surface area contributed by atoms with E-state index in [-0.39, 0.29) is 22.9 Å². The average molecular weight is 435 g/mol. The number of anilines is 1. The summed E-state index contributed by atoms with van der Waals surface area (Å²) < 4.78 is 0.840. The van der Waals surface area contributed by atoms with Gasteiger partial charge in [0.1, 0.15) is 0 Å². The van der Waals surface area contributed by atoms with Crippen LogP contribution >= 0.6 is 11.8 Å². The second-order valence-corrected chi connectivity index (χ2v) is 7.69. The highest BCUT2D eigenvalue weighted by atomic mass is 79.9. The second-order valence-electron chi connectivity index (χ2n) is 6.61. The minimum Gasteiger partial charge on any atom is -1.00 e. The lowest BCUT2D eigenvalue weighted by Crippen LogP contribution is -3.00. The van der Waals surface area contributed by atoms with Crippen molar-refractivity contribution in [3.63, 3.8) is 0 Å². The van der Waals surface area contributed by atoms with Gasteiger partial charge in [0.15, 0.2) is 6.54 Å². The molecule has 0 spiro atoms. The number of amides is 1. The van der Waals surface area contributed by atoms with Crippen LogP contribution in [0, 0.1) is 0 Å². The average Bonchev–Trinajstić information content (AvgIpc) is 2.83. The molecule has 0 radical (unpaired) electrons. The van der Waals surface area contributed by atoms with Crippen LogP contribution in [0.4, 0.5) is 5.69 Å². The first kappa shape index (κ1) is 21.0. The highest BCUT2D eigenvalue weighted by Gasteiger charge is 2.31. The minimum absolute atomic E-state index is 0. The van der Waals surface area contributed by atoms with E-state index in [1.54, 1.807) is 11.8 Å². The Hall–Kier alpha value is -1.30. The van der Waals surface area contributed by atoms with Crippen molar-refractivity contribution in [2.75, 3.05) is 31.1 Å². The van der Waals surface area contributed by atoms with E-state index >= 15 is 0 Å². The Balaban J connectivity index is 0.00000243. The molecule has 140 valence electrons. The molecular weight excluding hydrogens is 408 g/mol. The summed E-state index contributed by atoms with van der Waals surface area (Å²) in [6.07, 6.45) is 0. The number of benzene rings is 2. The number of halogens is 1. The molecule has 0 saturated heterocycles. The van der Waals surface area contributed by atoms with E-state index in [4.69, 9.17) is 0 Å². The number of carbonyl (C=O) groups excluding carboxylic acids is 1. The normalized spacial score (nSPS) is 13.3. The molecule has 0 N–H and O–H groups in total. The van der Waals surface area contributed by atoms with Crippen molar-refractivity contribution in [3.8, 4) is 0 Å². The predicted molar refractivity (Wildman–Crippen MR) is 105 cm³/mol. The SMILES string of the molecule is CC[N+](CC)(CC)CC(=O)N1Cc2ccccc2Sc2ccccc21.[Br-]. The summed E-state index contributed by atoms with van der Waals surface area (Å²) in [4.78, 5) is 17.7. The van der Waals surface area contributed by atoms with Crippen LogP contribution in [0.2, 0.25) is 0 Å². The molecular formula is C21H27BrN2OS. The van der Waals surface area contributed by atoms with Gasteiger partial charge in [-0.05, 0) is 44.5 Å². The number of hydrogen-bond acceptors (Lipinski definition) is 2. The first-order valence-electron chi connectivity index (χ1n) is 9.12. The molecule has 0 saturated carbocycles. The van der Waals surface area contributed by atoms with Crippen molar-refractivity contribution in [1.82, 2.24) is 0 Å². The maximum absolute atomic E-state index is 13.3. The van der Waals surface area contributed by atoms with Gasteiger partial charge in [0.05, 0.1) is 31.9 Å². The molecule has 2 aromatic carbocycles. The molecule has 3 rings (SSSR count). The van der Waals surface area contributed by atoms with E-state index in [2.05, 4.69) is 57.2 Å². The molecule has 0 unspecified atom stereocenters. The summed E-state index contributed by atoms with van der Waals surface area (Å²) in [5.41, 5.74) is 2.26. The standard InChI is InChI=1S/C21H27N2OS.BrH/c1-4-23(5-2,6-3)16-21(24)22-15-17-11-7-9-13-19(17)25-20-14-10-8-12-18(20)22;/h7-14H,4-6,15-16H2,1-3H3;1H/q+1;/p-1. The van der Waals surface area contributed by atoms with E-state index in [1.807, 2.05) is 17.0 Å². The van der Waals surface area contributed by atoms with Crippen molar-refractivity contribution in [2.45, 2.75) is 37.1 Å². The van der Waals surface area contributed by atoms with E-state index in [1.165, 1.54) is 10.5 Å². The molecule has 3 nitrogen and oxygen atoms in total. The molecule has 1 aliphatic rings. The molecule has 1 amide bonds. The Morgan fingerprint density at radius 1 is 0.962 bits per heavy atom. The van der Waals surface area contributed by atoms with Crippen LogP contribution in [0.3, 0.4) is 0 Å². The maximum atomic E-state index is 13.3. The highest BCUT2D eigenvalue weighted by Crippen LogP contribution is 2.41. The molecule has 0 aromatic heterocycles. The lowest BCUT2D eigenvalue weighted by molar-refractivity contribution is -0.915. The predicted octanol–water partition coefficient (Wildman–Crippen LogP) is 1.56. The number of nitrogens with zero attached hydrogens (tertiary/aromatic N) is 2. The molecule has 26 heavy (non-hydrogen) atoms. The van der Waals surface area contributed by atoms with Crippen molar-refractivity contribution in [3.05, 3.63) is 54.1 Å². The molecule has 2 aromatic rings. The molecule has 0 atom stereocenters. The Morgan fingerprint density at radius 3 is 2.19 bits per heavy atom. The third-order valence-corrected chi connectivity index (χ3v) is 6.64. The van der Waals surface area contributed by atoms with Gasteiger partial charge in [-0.1, -0.05) is 42.1 Å². The number of quaternary nitrogens is 1. The zero-order valence-corrected chi connectivity index (χ0v) is 18.1. The summed E-state index contributed by atoms with van der Waals surface area (Å²) in [6, 6.07) is 16.7. The van der Waals surface area contributed by atoms with Crippen molar-refractivity contribution in [2.24, 2.45) is 0 Å². The molecule has 1 heterocycles. The van der Waals surface area contributed by atoms with Crippen molar-refractivity contribution < 1.29 is 26.3 Å². The van der Waals surface area contributed by atoms with Crippen molar-refractivity contribution in [1.29, 1.82) is 0 Å². The number of para-hydroxylation sites is 1. The van der Waals surface area contributed by atoms with Gasteiger partial charge in [-0.15, -0.1) is 0 Å². The van der Waals surface area contributed by atoms with Gasteiger partial charge in [0.25, 0.3) is 5.91 Å². The molecule has 0 aliphatic carbocycles.